The monoisotopic (exact) mass is 244 g/mol. The normalized spacial score (nSPS) is 24.8. The van der Waals surface area contributed by atoms with Crippen molar-refractivity contribution in [2.24, 2.45) is 11.7 Å². The maximum Gasteiger partial charge on any atom is 0.252 e. The summed E-state index contributed by atoms with van der Waals surface area (Å²) in [5, 5.41) is 0. The van der Waals surface area contributed by atoms with Crippen LogP contribution in [0.15, 0.2) is 0 Å². The van der Waals surface area contributed by atoms with Crippen molar-refractivity contribution >= 4 is 23.1 Å². The molecule has 0 radical (unpaired) electrons. The van der Waals surface area contributed by atoms with Crippen LogP contribution in [0.2, 0.25) is 0 Å². The van der Waals surface area contributed by atoms with E-state index in [0.717, 1.165) is 6.42 Å². The minimum absolute atomic E-state index is 0.00722. The van der Waals surface area contributed by atoms with Gasteiger partial charge in [0.25, 0.3) is 5.91 Å². The highest BCUT2D eigenvalue weighted by Crippen LogP contribution is 2.22. The molecule has 1 heterocycles. The van der Waals surface area contributed by atoms with E-state index < -0.39 is 0 Å². The fourth-order valence-corrected chi connectivity index (χ4v) is 2.00. The molecule has 0 spiro atoms. The first kappa shape index (κ1) is 13.4. The average molecular weight is 244 g/mol. The van der Waals surface area contributed by atoms with Gasteiger partial charge in [0.15, 0.2) is 0 Å². The predicted octanol–water partition coefficient (Wildman–Crippen LogP) is 0.935. The van der Waals surface area contributed by atoms with Crippen LogP contribution < -0.4 is 5.73 Å². The Balaban J connectivity index is 2.70. The molecule has 1 rings (SSSR count). The maximum atomic E-state index is 12.2. The van der Waals surface area contributed by atoms with Crippen molar-refractivity contribution in [3.05, 3.63) is 0 Å². The summed E-state index contributed by atoms with van der Waals surface area (Å²) in [6.07, 6.45) is 0.617. The van der Waals surface area contributed by atoms with E-state index in [9.17, 15) is 4.79 Å². The molecular weight excluding hydrogens is 224 g/mol. The fourth-order valence-electron chi connectivity index (χ4n) is 1.86. The van der Waals surface area contributed by atoms with E-state index in [0.29, 0.717) is 18.1 Å². The number of amides is 1. The van der Waals surface area contributed by atoms with Gasteiger partial charge >= 0.3 is 0 Å². The molecule has 2 N–H and O–H groups in total. The van der Waals surface area contributed by atoms with Crippen LogP contribution in [0.3, 0.4) is 0 Å². The number of rotatable bonds is 4. The Kier molecular flexibility index (Phi) is 4.68. The van der Waals surface area contributed by atoms with E-state index in [4.69, 9.17) is 22.7 Å². The van der Waals surface area contributed by atoms with Crippen molar-refractivity contribution in [3.63, 3.8) is 0 Å². The van der Waals surface area contributed by atoms with Gasteiger partial charge in [-0.15, -0.1) is 0 Å². The van der Waals surface area contributed by atoms with Crippen molar-refractivity contribution in [3.8, 4) is 0 Å². The Labute approximate surface area is 102 Å². The van der Waals surface area contributed by atoms with Gasteiger partial charge in [-0.1, -0.05) is 19.1 Å². The third-order valence-electron chi connectivity index (χ3n) is 2.86. The lowest BCUT2D eigenvalue weighted by Crippen LogP contribution is -2.48. The van der Waals surface area contributed by atoms with E-state index in [1.165, 1.54) is 0 Å². The maximum absolute atomic E-state index is 12.2. The third kappa shape index (κ3) is 3.15. The Hall–Kier alpha value is -0.680. The predicted molar refractivity (Wildman–Crippen MR) is 67.2 cm³/mol. The summed E-state index contributed by atoms with van der Waals surface area (Å²) < 4.78 is 5.46. The molecule has 1 aliphatic rings. The van der Waals surface area contributed by atoms with Crippen molar-refractivity contribution in [1.29, 1.82) is 0 Å². The molecule has 92 valence electrons. The molecule has 0 aromatic carbocycles. The number of hydrogen-bond donors (Lipinski definition) is 1. The van der Waals surface area contributed by atoms with Gasteiger partial charge in [0.05, 0.1) is 11.5 Å². The molecule has 1 saturated heterocycles. The number of carbonyl (C=O) groups is 1. The number of hydrogen-bond acceptors (Lipinski definition) is 3. The third-order valence-corrected chi connectivity index (χ3v) is 2.99. The van der Waals surface area contributed by atoms with Crippen LogP contribution >= 0.6 is 12.2 Å². The van der Waals surface area contributed by atoms with E-state index in [1.54, 1.807) is 4.90 Å². The minimum atomic E-state index is -0.322. The molecular formula is C11H20N2O2S. The van der Waals surface area contributed by atoms with E-state index in [2.05, 4.69) is 0 Å². The Bertz CT molecular complexity index is 281. The smallest absolute Gasteiger partial charge is 0.252 e. The second-order valence-electron chi connectivity index (χ2n) is 4.58. The number of carbonyl (C=O) groups excluding carboxylic acids is 1. The van der Waals surface area contributed by atoms with Crippen molar-refractivity contribution < 1.29 is 9.53 Å². The van der Waals surface area contributed by atoms with Crippen LogP contribution in [0.25, 0.3) is 0 Å². The molecule has 0 bridgehead atoms. The second kappa shape index (κ2) is 5.59. The van der Waals surface area contributed by atoms with Gasteiger partial charge in [-0.05, 0) is 26.2 Å². The zero-order valence-corrected chi connectivity index (χ0v) is 10.9. The topological polar surface area (TPSA) is 55.6 Å². The lowest BCUT2D eigenvalue weighted by molar-refractivity contribution is -0.143. The van der Waals surface area contributed by atoms with Crippen LogP contribution in [-0.2, 0) is 9.53 Å². The molecule has 1 amide bonds. The molecule has 2 atom stereocenters. The highest BCUT2D eigenvalue weighted by atomic mass is 32.1. The van der Waals surface area contributed by atoms with Crippen molar-refractivity contribution in [2.45, 2.75) is 39.3 Å². The Morgan fingerprint density at radius 1 is 1.62 bits per heavy atom. The number of nitrogens with two attached hydrogens (primary N) is 1. The van der Waals surface area contributed by atoms with Gasteiger partial charge in [-0.2, -0.15) is 0 Å². The van der Waals surface area contributed by atoms with Crippen LogP contribution in [-0.4, -0.2) is 41.1 Å². The zero-order valence-electron chi connectivity index (χ0n) is 10.1. The quantitative estimate of drug-likeness (QED) is 0.748. The molecule has 5 heteroatoms. The van der Waals surface area contributed by atoms with Crippen molar-refractivity contribution in [2.75, 3.05) is 13.2 Å². The highest BCUT2D eigenvalue weighted by molar-refractivity contribution is 7.80. The summed E-state index contributed by atoms with van der Waals surface area (Å²) in [6, 6.07) is 0.0883. The summed E-state index contributed by atoms with van der Waals surface area (Å²) >= 11 is 4.86. The Morgan fingerprint density at radius 2 is 2.25 bits per heavy atom. The minimum Gasteiger partial charge on any atom is -0.392 e. The molecule has 4 nitrogen and oxygen atoms in total. The summed E-state index contributed by atoms with van der Waals surface area (Å²) in [5.41, 5.74) is 5.50. The molecule has 16 heavy (non-hydrogen) atoms. The lowest BCUT2D eigenvalue weighted by atomic mass is 10.0. The SMILES string of the molecule is CC1CCOC1C(=O)N(CC(N)=S)C(C)C. The standard InChI is InChI=1S/C11H20N2O2S/c1-7(2)13(6-9(12)16)11(14)10-8(3)4-5-15-10/h7-8,10H,4-6H2,1-3H3,(H2,12,16). The van der Waals surface area contributed by atoms with Crippen LogP contribution in [0.4, 0.5) is 0 Å². The van der Waals surface area contributed by atoms with E-state index in [-0.39, 0.29) is 24.0 Å². The zero-order chi connectivity index (χ0) is 12.3. The van der Waals surface area contributed by atoms with Gasteiger partial charge in [0, 0.05) is 12.6 Å². The molecule has 0 aromatic rings. The fraction of sp³-hybridized carbons (Fsp3) is 0.818. The molecule has 0 saturated carbocycles. The first-order chi connectivity index (χ1) is 7.43. The van der Waals surface area contributed by atoms with Gasteiger partial charge in [-0.3, -0.25) is 4.79 Å². The van der Waals surface area contributed by atoms with E-state index >= 15 is 0 Å². The summed E-state index contributed by atoms with van der Waals surface area (Å²) in [4.78, 5) is 14.2. The van der Waals surface area contributed by atoms with Crippen LogP contribution in [0, 0.1) is 5.92 Å². The van der Waals surface area contributed by atoms with Gasteiger partial charge in [0.1, 0.15) is 6.10 Å². The molecule has 0 aromatic heterocycles. The van der Waals surface area contributed by atoms with Gasteiger partial charge in [0.2, 0.25) is 0 Å². The van der Waals surface area contributed by atoms with E-state index in [1.807, 2.05) is 20.8 Å². The number of nitrogens with zero attached hydrogens (tertiary/aromatic N) is 1. The van der Waals surface area contributed by atoms with Crippen LogP contribution in [0.1, 0.15) is 27.2 Å². The van der Waals surface area contributed by atoms with Gasteiger partial charge in [-0.25, -0.2) is 0 Å². The lowest BCUT2D eigenvalue weighted by Gasteiger charge is -2.29. The van der Waals surface area contributed by atoms with Crippen LogP contribution in [0.5, 0.6) is 0 Å². The number of thiocarbonyl (C=S) groups is 1. The summed E-state index contributed by atoms with van der Waals surface area (Å²) in [5.74, 6) is 0.285. The number of ether oxygens (including phenoxy) is 1. The summed E-state index contributed by atoms with van der Waals surface area (Å²) in [7, 11) is 0. The Morgan fingerprint density at radius 3 is 2.62 bits per heavy atom. The average Bonchev–Trinajstić information content (AvgIpc) is 2.59. The largest absolute Gasteiger partial charge is 0.392 e. The van der Waals surface area contributed by atoms with Gasteiger partial charge < -0.3 is 15.4 Å². The second-order valence-corrected chi connectivity index (χ2v) is 5.11. The first-order valence-corrected chi connectivity index (χ1v) is 6.04. The summed E-state index contributed by atoms with van der Waals surface area (Å²) in [6.45, 7) is 6.94. The molecule has 0 aliphatic carbocycles. The van der Waals surface area contributed by atoms with Crippen molar-refractivity contribution in [1.82, 2.24) is 4.90 Å². The molecule has 1 fully saturated rings. The first-order valence-electron chi connectivity index (χ1n) is 5.64. The molecule has 2 unspecified atom stereocenters. The molecule has 1 aliphatic heterocycles. The highest BCUT2D eigenvalue weighted by Gasteiger charge is 2.34.